The Hall–Kier alpha value is -2.06. The van der Waals surface area contributed by atoms with Gasteiger partial charge >= 0.3 is 0 Å². The van der Waals surface area contributed by atoms with Crippen molar-refractivity contribution in [3.05, 3.63) is 53.0 Å². The highest BCUT2D eigenvalue weighted by Crippen LogP contribution is 2.26. The number of amides is 1. The van der Waals surface area contributed by atoms with Crippen LogP contribution in [0.3, 0.4) is 0 Å². The molecule has 0 spiro atoms. The van der Waals surface area contributed by atoms with E-state index in [1.807, 2.05) is 27.7 Å². The third-order valence-corrected chi connectivity index (χ3v) is 5.96. The predicted octanol–water partition coefficient (Wildman–Crippen LogP) is 3.96. The Labute approximate surface area is 175 Å². The van der Waals surface area contributed by atoms with E-state index in [0.717, 1.165) is 8.78 Å². The van der Waals surface area contributed by atoms with Gasteiger partial charge in [0.2, 0.25) is 5.91 Å². The number of anilines is 1. The minimum absolute atomic E-state index is 0.105. The van der Waals surface area contributed by atoms with Crippen LogP contribution in [0.1, 0.15) is 27.7 Å². The normalized spacial score (nSPS) is 11.8. The molecule has 0 atom stereocenters. The molecule has 0 saturated carbocycles. The minimum Gasteiger partial charge on any atom is -0.494 e. The number of nitrogens with one attached hydrogen (secondary N) is 1. The monoisotopic (exact) mass is 468 g/mol. The zero-order chi connectivity index (χ0) is 20.9. The zero-order valence-corrected chi connectivity index (χ0v) is 18.8. The minimum atomic E-state index is -3.94. The van der Waals surface area contributed by atoms with E-state index in [0.29, 0.717) is 18.0 Å². The van der Waals surface area contributed by atoms with Crippen molar-refractivity contribution in [2.24, 2.45) is 0 Å². The van der Waals surface area contributed by atoms with Crippen molar-refractivity contribution in [3.63, 3.8) is 0 Å². The van der Waals surface area contributed by atoms with Crippen molar-refractivity contribution in [1.29, 1.82) is 0 Å². The molecule has 152 valence electrons. The highest BCUT2D eigenvalue weighted by Gasteiger charge is 2.28. The van der Waals surface area contributed by atoms with Crippen LogP contribution in [0.15, 0.2) is 57.9 Å². The average molecular weight is 469 g/mol. The van der Waals surface area contributed by atoms with Crippen LogP contribution >= 0.6 is 15.9 Å². The summed E-state index contributed by atoms with van der Waals surface area (Å²) in [4.78, 5) is 12.6. The van der Waals surface area contributed by atoms with Gasteiger partial charge in [0.1, 0.15) is 12.3 Å². The first kappa shape index (κ1) is 22.2. The van der Waals surface area contributed by atoms with Crippen molar-refractivity contribution in [3.8, 4) is 5.75 Å². The van der Waals surface area contributed by atoms with Gasteiger partial charge in [0.15, 0.2) is 0 Å². The Morgan fingerprint density at radius 1 is 1.07 bits per heavy atom. The Morgan fingerprint density at radius 3 is 2.14 bits per heavy atom. The molecule has 8 heteroatoms. The summed E-state index contributed by atoms with van der Waals surface area (Å²) in [6.07, 6.45) is 0. The molecule has 0 bridgehead atoms. The Kier molecular flexibility index (Phi) is 7.11. The first-order valence-corrected chi connectivity index (χ1v) is 11.1. The molecule has 1 amide bonds. The van der Waals surface area contributed by atoms with Crippen LogP contribution in [0.5, 0.6) is 5.75 Å². The smallest absolute Gasteiger partial charge is 0.264 e. The largest absolute Gasteiger partial charge is 0.494 e. The highest BCUT2D eigenvalue weighted by atomic mass is 79.9. The van der Waals surface area contributed by atoms with Gasteiger partial charge in [-0.25, -0.2) is 8.42 Å². The molecule has 2 rings (SSSR count). The lowest BCUT2D eigenvalue weighted by atomic mass is 10.1. The number of sulfonamides is 1. The first-order valence-electron chi connectivity index (χ1n) is 8.85. The summed E-state index contributed by atoms with van der Waals surface area (Å²) in [5.74, 6) is 0.244. The summed E-state index contributed by atoms with van der Waals surface area (Å²) < 4.78 is 33.8. The fourth-order valence-electron chi connectivity index (χ4n) is 2.51. The fraction of sp³-hybridized carbons (Fsp3) is 0.350. The van der Waals surface area contributed by atoms with Crippen molar-refractivity contribution < 1.29 is 17.9 Å². The second-order valence-electron chi connectivity index (χ2n) is 7.19. The SMILES string of the molecule is CCOc1ccc(N(CC(=O)NC(C)(C)C)S(=O)(=O)c2ccc(Br)cc2)cc1. The van der Waals surface area contributed by atoms with E-state index in [1.54, 1.807) is 36.4 Å². The second kappa shape index (κ2) is 8.96. The number of halogens is 1. The predicted molar refractivity (Wildman–Crippen MR) is 114 cm³/mol. The lowest BCUT2D eigenvalue weighted by Crippen LogP contribution is -2.47. The zero-order valence-electron chi connectivity index (χ0n) is 16.4. The molecular formula is C20H25BrN2O4S. The summed E-state index contributed by atoms with van der Waals surface area (Å²) in [5, 5.41) is 2.81. The molecule has 0 aliphatic rings. The van der Waals surface area contributed by atoms with E-state index < -0.39 is 15.6 Å². The number of rotatable bonds is 7. The van der Waals surface area contributed by atoms with Gasteiger partial charge in [-0.3, -0.25) is 9.10 Å². The number of nitrogens with zero attached hydrogens (tertiary/aromatic N) is 1. The molecule has 0 heterocycles. The van der Waals surface area contributed by atoms with Gasteiger partial charge in [0, 0.05) is 10.0 Å². The molecule has 28 heavy (non-hydrogen) atoms. The molecular weight excluding hydrogens is 444 g/mol. The summed E-state index contributed by atoms with van der Waals surface area (Å²) >= 11 is 3.30. The van der Waals surface area contributed by atoms with Gasteiger partial charge < -0.3 is 10.1 Å². The fourth-order valence-corrected chi connectivity index (χ4v) is 4.20. The lowest BCUT2D eigenvalue weighted by Gasteiger charge is -2.27. The molecule has 1 N–H and O–H groups in total. The van der Waals surface area contributed by atoms with E-state index in [1.165, 1.54) is 12.1 Å². The maximum atomic E-state index is 13.3. The molecule has 0 unspecified atom stereocenters. The molecule has 6 nitrogen and oxygen atoms in total. The summed E-state index contributed by atoms with van der Waals surface area (Å²) in [6.45, 7) is 7.58. The topological polar surface area (TPSA) is 75.7 Å². The van der Waals surface area contributed by atoms with Crippen molar-refractivity contribution in [2.45, 2.75) is 38.1 Å². The van der Waals surface area contributed by atoms with Gasteiger partial charge in [0.05, 0.1) is 17.2 Å². The van der Waals surface area contributed by atoms with Crippen LogP contribution in [0, 0.1) is 0 Å². The van der Waals surface area contributed by atoms with Crippen molar-refractivity contribution in [1.82, 2.24) is 5.32 Å². The number of hydrogen-bond donors (Lipinski definition) is 1. The number of ether oxygens (including phenoxy) is 1. The van der Waals surface area contributed by atoms with Crippen LogP contribution in [-0.4, -0.2) is 33.0 Å². The van der Waals surface area contributed by atoms with E-state index in [-0.39, 0.29) is 17.3 Å². The first-order chi connectivity index (χ1) is 13.0. The molecule has 0 fully saturated rings. The standard InChI is InChI=1S/C20H25BrN2O4S/c1-5-27-17-10-8-16(9-11-17)23(14-19(24)22-20(2,3)4)28(25,26)18-12-6-15(21)7-13-18/h6-13H,5,14H2,1-4H3,(H,22,24). The van der Waals surface area contributed by atoms with Gasteiger partial charge in [0.25, 0.3) is 10.0 Å². The Bertz CT molecular complexity index is 905. The summed E-state index contributed by atoms with van der Waals surface area (Å²) in [6, 6.07) is 12.9. The second-order valence-corrected chi connectivity index (χ2v) is 9.97. The van der Waals surface area contributed by atoms with E-state index >= 15 is 0 Å². The molecule has 2 aromatic rings. The quantitative estimate of drug-likeness (QED) is 0.666. The number of benzene rings is 2. The Morgan fingerprint density at radius 2 is 1.64 bits per heavy atom. The Balaban J connectivity index is 2.42. The molecule has 0 saturated heterocycles. The van der Waals surface area contributed by atoms with Crippen LogP contribution in [0.2, 0.25) is 0 Å². The third kappa shape index (κ3) is 5.97. The van der Waals surface area contributed by atoms with Crippen molar-refractivity contribution in [2.75, 3.05) is 17.5 Å². The van der Waals surface area contributed by atoms with Crippen molar-refractivity contribution >= 4 is 37.5 Å². The van der Waals surface area contributed by atoms with Crippen LogP contribution < -0.4 is 14.4 Å². The molecule has 0 aromatic heterocycles. The van der Waals surface area contributed by atoms with Crippen LogP contribution in [0.4, 0.5) is 5.69 Å². The highest BCUT2D eigenvalue weighted by molar-refractivity contribution is 9.10. The van der Waals surface area contributed by atoms with E-state index in [9.17, 15) is 13.2 Å². The molecule has 2 aromatic carbocycles. The van der Waals surface area contributed by atoms with Crippen LogP contribution in [0.25, 0.3) is 0 Å². The summed E-state index contributed by atoms with van der Waals surface area (Å²) in [5.41, 5.74) is -0.0846. The number of hydrogen-bond acceptors (Lipinski definition) is 4. The lowest BCUT2D eigenvalue weighted by molar-refractivity contribution is -0.121. The molecule has 0 radical (unpaired) electrons. The number of carbonyl (C=O) groups excluding carboxylic acids is 1. The third-order valence-electron chi connectivity index (χ3n) is 3.64. The summed E-state index contributed by atoms with van der Waals surface area (Å²) in [7, 11) is -3.94. The molecule has 0 aliphatic carbocycles. The number of carbonyl (C=O) groups is 1. The van der Waals surface area contributed by atoms with Gasteiger partial charge in [-0.05, 0) is 76.2 Å². The van der Waals surface area contributed by atoms with Gasteiger partial charge in [-0.15, -0.1) is 0 Å². The molecule has 0 aliphatic heterocycles. The van der Waals surface area contributed by atoms with Crippen LogP contribution in [-0.2, 0) is 14.8 Å². The van der Waals surface area contributed by atoms with E-state index in [2.05, 4.69) is 21.2 Å². The van der Waals surface area contributed by atoms with Gasteiger partial charge in [-0.1, -0.05) is 15.9 Å². The average Bonchev–Trinajstić information content (AvgIpc) is 2.59. The maximum absolute atomic E-state index is 13.3. The van der Waals surface area contributed by atoms with Gasteiger partial charge in [-0.2, -0.15) is 0 Å². The maximum Gasteiger partial charge on any atom is 0.264 e. The van der Waals surface area contributed by atoms with E-state index in [4.69, 9.17) is 4.74 Å².